The Morgan fingerprint density at radius 1 is 1.13 bits per heavy atom. The molecule has 0 saturated heterocycles. The van der Waals surface area contributed by atoms with Gasteiger partial charge in [0.25, 0.3) is 0 Å². The monoisotopic (exact) mass is 220 g/mol. The van der Waals surface area contributed by atoms with Gasteiger partial charge in [-0.1, -0.05) is 13.3 Å². The third-order valence-electron chi connectivity index (χ3n) is 1.17. The Kier molecular flexibility index (Phi) is 14.4. The molecule has 1 N–H and O–H groups in total. The Balaban J connectivity index is 0. The first-order chi connectivity index (χ1) is 7.04. The number of hydrogen-bond donors (Lipinski definition) is 1. The summed E-state index contributed by atoms with van der Waals surface area (Å²) in [5, 5.41) is 8.24. The molecular formula is C10H20O5. The van der Waals surface area contributed by atoms with E-state index in [-0.39, 0.29) is 6.61 Å². The maximum Gasteiger partial charge on any atom is 0.310 e. The highest BCUT2D eigenvalue weighted by molar-refractivity contribution is 5.82. The molecule has 0 fully saturated rings. The third kappa shape index (κ3) is 24.6. The molecular weight excluding hydrogens is 200 g/mol. The third-order valence-corrected chi connectivity index (χ3v) is 1.17. The van der Waals surface area contributed by atoms with Crippen LogP contribution < -0.4 is 0 Å². The molecule has 0 aromatic rings. The van der Waals surface area contributed by atoms with Crippen LogP contribution in [0.1, 0.15) is 33.6 Å². The largest absolute Gasteiger partial charge is 0.394 e. The summed E-state index contributed by atoms with van der Waals surface area (Å²) in [4.78, 5) is 19.6. The zero-order chi connectivity index (χ0) is 12.1. The summed E-state index contributed by atoms with van der Waals surface area (Å²) in [7, 11) is 0. The minimum atomic E-state index is -0.562. The fraction of sp³-hybridized carbons (Fsp3) is 0.800. The van der Waals surface area contributed by atoms with Crippen LogP contribution in [0.25, 0.3) is 0 Å². The normalized spacial score (nSPS) is 8.80. The molecule has 0 aromatic heterocycles. The maximum absolute atomic E-state index is 9.81. The lowest BCUT2D eigenvalue weighted by molar-refractivity contribution is -0.156. The van der Waals surface area contributed by atoms with Crippen LogP contribution in [-0.4, -0.2) is 36.9 Å². The van der Waals surface area contributed by atoms with Crippen molar-refractivity contribution in [2.75, 3.05) is 19.8 Å². The standard InChI is InChI=1S/C6H14O2.C4H6O3/c1-2-3-5-8-6-4-7;1-3(5)7-4(2)6/h7H,2-6H2,1H3;1-2H3. The van der Waals surface area contributed by atoms with Gasteiger partial charge in [-0.05, 0) is 6.42 Å². The van der Waals surface area contributed by atoms with Crippen molar-refractivity contribution >= 4 is 11.9 Å². The molecule has 0 bridgehead atoms. The van der Waals surface area contributed by atoms with Gasteiger partial charge in [0.15, 0.2) is 0 Å². The molecule has 0 aromatic carbocycles. The zero-order valence-electron chi connectivity index (χ0n) is 9.62. The average Bonchev–Trinajstić information content (AvgIpc) is 2.11. The van der Waals surface area contributed by atoms with Crippen LogP contribution in [0.5, 0.6) is 0 Å². The molecule has 0 atom stereocenters. The lowest BCUT2D eigenvalue weighted by Gasteiger charge is -1.97. The summed E-state index contributed by atoms with van der Waals surface area (Å²) in [5.41, 5.74) is 0. The van der Waals surface area contributed by atoms with Gasteiger partial charge < -0.3 is 14.6 Å². The topological polar surface area (TPSA) is 72.8 Å². The van der Waals surface area contributed by atoms with Gasteiger partial charge in [0.2, 0.25) is 0 Å². The minimum absolute atomic E-state index is 0.143. The molecule has 15 heavy (non-hydrogen) atoms. The average molecular weight is 220 g/mol. The van der Waals surface area contributed by atoms with Crippen molar-refractivity contribution in [1.29, 1.82) is 0 Å². The Hall–Kier alpha value is -0.940. The van der Waals surface area contributed by atoms with Crippen LogP contribution in [-0.2, 0) is 19.1 Å². The van der Waals surface area contributed by atoms with Crippen molar-refractivity contribution in [1.82, 2.24) is 0 Å². The Bertz CT molecular complexity index is 149. The van der Waals surface area contributed by atoms with E-state index in [0.717, 1.165) is 19.4 Å². The van der Waals surface area contributed by atoms with E-state index in [4.69, 9.17) is 9.84 Å². The second kappa shape index (κ2) is 13.1. The number of rotatable bonds is 5. The number of carbonyl (C=O) groups is 2. The molecule has 0 aliphatic carbocycles. The van der Waals surface area contributed by atoms with E-state index in [2.05, 4.69) is 11.7 Å². The van der Waals surface area contributed by atoms with Gasteiger partial charge in [0, 0.05) is 20.5 Å². The van der Waals surface area contributed by atoms with Crippen molar-refractivity contribution in [3.05, 3.63) is 0 Å². The number of carbonyl (C=O) groups excluding carboxylic acids is 2. The van der Waals surface area contributed by atoms with Gasteiger partial charge in [-0.2, -0.15) is 0 Å². The SMILES string of the molecule is CC(=O)OC(C)=O.CCCCOCCO. The maximum atomic E-state index is 9.81. The first-order valence-electron chi connectivity index (χ1n) is 4.92. The molecule has 0 aliphatic heterocycles. The first kappa shape index (κ1) is 16.5. The lowest BCUT2D eigenvalue weighted by Crippen LogP contribution is -2.03. The highest BCUT2D eigenvalue weighted by Gasteiger charge is 1.93. The lowest BCUT2D eigenvalue weighted by atomic mass is 10.4. The Morgan fingerprint density at radius 2 is 1.67 bits per heavy atom. The van der Waals surface area contributed by atoms with Gasteiger partial charge in [0.05, 0.1) is 13.2 Å². The molecule has 0 spiro atoms. The second-order valence-electron chi connectivity index (χ2n) is 2.77. The van der Waals surface area contributed by atoms with Crippen molar-refractivity contribution in [3.8, 4) is 0 Å². The number of aliphatic hydroxyl groups excluding tert-OH is 1. The fourth-order valence-electron chi connectivity index (χ4n) is 0.615. The molecule has 0 aliphatic rings. The highest BCUT2D eigenvalue weighted by atomic mass is 16.6. The molecule has 0 radical (unpaired) electrons. The summed E-state index contributed by atoms with van der Waals surface area (Å²) >= 11 is 0. The van der Waals surface area contributed by atoms with E-state index in [1.165, 1.54) is 13.8 Å². The van der Waals surface area contributed by atoms with Gasteiger partial charge in [-0.25, -0.2) is 0 Å². The van der Waals surface area contributed by atoms with Crippen molar-refractivity contribution in [2.24, 2.45) is 0 Å². The van der Waals surface area contributed by atoms with Crippen molar-refractivity contribution < 1.29 is 24.2 Å². The predicted molar refractivity (Wildman–Crippen MR) is 55.3 cm³/mol. The molecule has 5 nitrogen and oxygen atoms in total. The van der Waals surface area contributed by atoms with Gasteiger partial charge in [0.1, 0.15) is 0 Å². The number of hydrogen-bond acceptors (Lipinski definition) is 5. The summed E-state index contributed by atoms with van der Waals surface area (Å²) in [6.07, 6.45) is 2.26. The Morgan fingerprint density at radius 3 is 1.93 bits per heavy atom. The van der Waals surface area contributed by atoms with E-state index in [0.29, 0.717) is 6.61 Å². The molecule has 0 rings (SSSR count). The van der Waals surface area contributed by atoms with Crippen LogP contribution in [0.4, 0.5) is 0 Å². The summed E-state index contributed by atoms with van der Waals surface area (Å²) in [5.74, 6) is -1.12. The van der Waals surface area contributed by atoms with Crippen molar-refractivity contribution in [2.45, 2.75) is 33.6 Å². The molecule has 5 heteroatoms. The fourth-order valence-corrected chi connectivity index (χ4v) is 0.615. The summed E-state index contributed by atoms with van der Waals surface area (Å²) in [6.45, 7) is 5.89. The molecule has 0 saturated carbocycles. The Labute approximate surface area is 90.4 Å². The van der Waals surface area contributed by atoms with E-state index in [1.807, 2.05) is 0 Å². The number of aliphatic hydroxyl groups is 1. The summed E-state index contributed by atoms with van der Waals surface area (Å²) < 4.78 is 8.95. The molecule has 0 amide bonds. The van der Waals surface area contributed by atoms with Crippen LogP contribution in [0, 0.1) is 0 Å². The first-order valence-corrected chi connectivity index (χ1v) is 4.92. The number of unbranched alkanes of at least 4 members (excludes halogenated alkanes) is 1. The summed E-state index contributed by atoms with van der Waals surface area (Å²) in [6, 6.07) is 0. The predicted octanol–water partition coefficient (Wildman–Crippen LogP) is 0.891. The molecule has 90 valence electrons. The van der Waals surface area contributed by atoms with Crippen molar-refractivity contribution in [3.63, 3.8) is 0 Å². The van der Waals surface area contributed by atoms with Gasteiger partial charge >= 0.3 is 11.9 Å². The minimum Gasteiger partial charge on any atom is -0.394 e. The van der Waals surface area contributed by atoms with Crippen LogP contribution in [0.2, 0.25) is 0 Å². The zero-order valence-corrected chi connectivity index (χ0v) is 9.62. The number of esters is 2. The van der Waals surface area contributed by atoms with E-state index < -0.39 is 11.9 Å². The van der Waals surface area contributed by atoms with Crippen LogP contribution in [0.15, 0.2) is 0 Å². The smallest absolute Gasteiger partial charge is 0.310 e. The van der Waals surface area contributed by atoms with E-state index >= 15 is 0 Å². The van der Waals surface area contributed by atoms with Crippen LogP contribution >= 0.6 is 0 Å². The number of ether oxygens (including phenoxy) is 2. The van der Waals surface area contributed by atoms with E-state index in [9.17, 15) is 9.59 Å². The van der Waals surface area contributed by atoms with Crippen LogP contribution in [0.3, 0.4) is 0 Å². The second-order valence-corrected chi connectivity index (χ2v) is 2.77. The molecule has 0 unspecified atom stereocenters. The highest BCUT2D eigenvalue weighted by Crippen LogP contribution is 1.85. The van der Waals surface area contributed by atoms with Gasteiger partial charge in [-0.3, -0.25) is 9.59 Å². The molecule has 0 heterocycles. The quantitative estimate of drug-likeness (QED) is 0.423. The van der Waals surface area contributed by atoms with E-state index in [1.54, 1.807) is 0 Å². The van der Waals surface area contributed by atoms with Gasteiger partial charge in [-0.15, -0.1) is 0 Å².